The molecule has 0 aliphatic heterocycles. The monoisotopic (exact) mass is 314 g/mol. The van der Waals surface area contributed by atoms with E-state index in [9.17, 15) is 9.59 Å². The third-order valence-electron chi connectivity index (χ3n) is 3.40. The molecule has 0 aliphatic rings. The second-order valence-corrected chi connectivity index (χ2v) is 5.78. The van der Waals surface area contributed by atoms with Crippen molar-refractivity contribution >= 4 is 5.91 Å². The Morgan fingerprint density at radius 3 is 2.48 bits per heavy atom. The van der Waals surface area contributed by atoms with Crippen molar-refractivity contribution < 1.29 is 9.53 Å². The molecular formula is C18H22N2O3. The number of nitrogens with one attached hydrogen (secondary N) is 2. The van der Waals surface area contributed by atoms with E-state index in [2.05, 4.69) is 10.3 Å². The quantitative estimate of drug-likeness (QED) is 0.891. The molecule has 1 aromatic heterocycles. The van der Waals surface area contributed by atoms with Crippen LogP contribution in [0.3, 0.4) is 0 Å². The Kier molecular flexibility index (Phi) is 5.21. The molecule has 2 N–H and O–H groups in total. The Balaban J connectivity index is 2.20. The number of carbonyl (C=O) groups is 1. The lowest BCUT2D eigenvalue weighted by Crippen LogP contribution is -2.32. The first-order valence-electron chi connectivity index (χ1n) is 7.65. The number of benzene rings is 1. The molecule has 1 amide bonds. The molecule has 0 saturated carbocycles. The van der Waals surface area contributed by atoms with Crippen LogP contribution in [0.2, 0.25) is 0 Å². The molecule has 2 aromatic rings. The van der Waals surface area contributed by atoms with Crippen LogP contribution in [-0.4, -0.2) is 17.0 Å². The molecule has 0 spiro atoms. The Labute approximate surface area is 135 Å². The molecule has 0 unspecified atom stereocenters. The van der Waals surface area contributed by atoms with Gasteiger partial charge in [-0.1, -0.05) is 18.2 Å². The fourth-order valence-electron chi connectivity index (χ4n) is 2.30. The normalized spacial score (nSPS) is 12.0. The Hall–Kier alpha value is -2.56. The molecular weight excluding hydrogens is 292 g/mol. The number of amides is 1. The van der Waals surface area contributed by atoms with Gasteiger partial charge in [0.25, 0.3) is 11.5 Å². The highest BCUT2D eigenvalue weighted by Crippen LogP contribution is 2.25. The summed E-state index contributed by atoms with van der Waals surface area (Å²) in [5, 5.41) is 2.85. The van der Waals surface area contributed by atoms with Gasteiger partial charge in [-0.2, -0.15) is 0 Å². The molecule has 5 heteroatoms. The van der Waals surface area contributed by atoms with Gasteiger partial charge in [0.15, 0.2) is 0 Å². The van der Waals surface area contributed by atoms with Gasteiger partial charge in [0.05, 0.1) is 12.1 Å². The minimum Gasteiger partial charge on any atom is -0.491 e. The highest BCUT2D eigenvalue weighted by molar-refractivity contribution is 5.94. The summed E-state index contributed by atoms with van der Waals surface area (Å²) in [5.41, 5.74) is 1.31. The SMILES string of the molecule is Cc1ccc(C(=O)N[C@H](C)c2ccccc2OC(C)C)c(=O)[nH]1. The van der Waals surface area contributed by atoms with Crippen LogP contribution in [0, 0.1) is 6.92 Å². The van der Waals surface area contributed by atoms with Crippen LogP contribution < -0.4 is 15.6 Å². The Bertz CT molecular complexity index is 750. The molecule has 1 aromatic carbocycles. The molecule has 0 bridgehead atoms. The van der Waals surface area contributed by atoms with Crippen LogP contribution in [0.5, 0.6) is 5.75 Å². The summed E-state index contributed by atoms with van der Waals surface area (Å²) in [4.78, 5) is 26.8. The van der Waals surface area contributed by atoms with E-state index in [-0.39, 0.29) is 23.3 Å². The zero-order chi connectivity index (χ0) is 17.0. The van der Waals surface area contributed by atoms with Gasteiger partial charge in [-0.15, -0.1) is 0 Å². The molecule has 122 valence electrons. The first kappa shape index (κ1) is 16.8. The number of hydrogen-bond acceptors (Lipinski definition) is 3. The van der Waals surface area contributed by atoms with E-state index in [1.165, 1.54) is 6.07 Å². The van der Waals surface area contributed by atoms with Crippen LogP contribution in [0.15, 0.2) is 41.2 Å². The average molecular weight is 314 g/mol. The number of ether oxygens (including phenoxy) is 1. The van der Waals surface area contributed by atoms with Gasteiger partial charge in [0, 0.05) is 11.3 Å². The van der Waals surface area contributed by atoms with Crippen molar-refractivity contribution in [3.63, 3.8) is 0 Å². The first-order chi connectivity index (χ1) is 10.9. The van der Waals surface area contributed by atoms with Gasteiger partial charge in [0.2, 0.25) is 0 Å². The lowest BCUT2D eigenvalue weighted by atomic mass is 10.1. The molecule has 0 saturated heterocycles. The minimum absolute atomic E-state index is 0.0407. The fourth-order valence-corrected chi connectivity index (χ4v) is 2.30. The summed E-state index contributed by atoms with van der Waals surface area (Å²) in [7, 11) is 0. The first-order valence-corrected chi connectivity index (χ1v) is 7.65. The molecule has 23 heavy (non-hydrogen) atoms. The number of hydrogen-bond donors (Lipinski definition) is 2. The van der Waals surface area contributed by atoms with Crippen LogP contribution in [0.4, 0.5) is 0 Å². The summed E-state index contributed by atoms with van der Waals surface area (Å²) in [6.07, 6.45) is 0.0407. The summed E-state index contributed by atoms with van der Waals surface area (Å²) >= 11 is 0. The van der Waals surface area contributed by atoms with E-state index in [0.717, 1.165) is 17.0 Å². The number of para-hydroxylation sites is 1. The molecule has 2 rings (SSSR count). The summed E-state index contributed by atoms with van der Waals surface area (Å²) in [5.74, 6) is 0.325. The van der Waals surface area contributed by atoms with Crippen molar-refractivity contribution in [1.29, 1.82) is 0 Å². The average Bonchev–Trinajstić information content (AvgIpc) is 2.46. The smallest absolute Gasteiger partial charge is 0.260 e. The summed E-state index contributed by atoms with van der Waals surface area (Å²) in [6, 6.07) is 10.5. The van der Waals surface area contributed by atoms with Crippen LogP contribution in [0.1, 0.15) is 48.4 Å². The highest BCUT2D eigenvalue weighted by Gasteiger charge is 2.17. The molecule has 0 radical (unpaired) electrons. The standard InChI is InChI=1S/C18H22N2O3/c1-11(2)23-16-8-6-5-7-14(16)13(4)20-18(22)15-10-9-12(3)19-17(15)21/h5-11,13H,1-4H3,(H,19,21)(H,20,22)/t13-/m1/s1. The van der Waals surface area contributed by atoms with Crippen LogP contribution >= 0.6 is 0 Å². The second kappa shape index (κ2) is 7.13. The number of aryl methyl sites for hydroxylation is 1. The lowest BCUT2D eigenvalue weighted by molar-refractivity contribution is 0.0937. The molecule has 5 nitrogen and oxygen atoms in total. The van der Waals surface area contributed by atoms with Gasteiger partial charge < -0.3 is 15.0 Å². The maximum Gasteiger partial charge on any atom is 0.260 e. The molecule has 1 heterocycles. The molecule has 1 atom stereocenters. The maximum atomic E-state index is 12.3. The van der Waals surface area contributed by atoms with E-state index in [1.807, 2.05) is 45.0 Å². The number of rotatable bonds is 5. The van der Waals surface area contributed by atoms with Crippen LogP contribution in [-0.2, 0) is 0 Å². The van der Waals surface area contributed by atoms with Crippen molar-refractivity contribution in [1.82, 2.24) is 10.3 Å². The minimum atomic E-state index is -0.405. The molecule has 0 aliphatic carbocycles. The number of pyridine rings is 1. The zero-order valence-electron chi connectivity index (χ0n) is 13.8. The third-order valence-corrected chi connectivity index (χ3v) is 3.40. The van der Waals surface area contributed by atoms with Crippen molar-refractivity contribution in [2.45, 2.75) is 39.8 Å². The number of carbonyl (C=O) groups excluding carboxylic acids is 1. The van der Waals surface area contributed by atoms with Gasteiger partial charge in [-0.3, -0.25) is 9.59 Å². The van der Waals surface area contributed by atoms with E-state index < -0.39 is 5.91 Å². The second-order valence-electron chi connectivity index (χ2n) is 5.78. The topological polar surface area (TPSA) is 71.2 Å². The van der Waals surface area contributed by atoms with Gasteiger partial charge in [-0.05, 0) is 45.9 Å². The predicted molar refractivity (Wildman–Crippen MR) is 89.9 cm³/mol. The Morgan fingerprint density at radius 2 is 1.83 bits per heavy atom. The van der Waals surface area contributed by atoms with E-state index in [4.69, 9.17) is 4.74 Å². The van der Waals surface area contributed by atoms with Gasteiger partial charge in [0.1, 0.15) is 11.3 Å². The summed E-state index contributed by atoms with van der Waals surface area (Å²) < 4.78 is 5.77. The molecule has 0 fully saturated rings. The van der Waals surface area contributed by atoms with E-state index >= 15 is 0 Å². The zero-order valence-corrected chi connectivity index (χ0v) is 13.8. The maximum absolute atomic E-state index is 12.3. The van der Waals surface area contributed by atoms with Crippen molar-refractivity contribution in [3.8, 4) is 5.75 Å². The van der Waals surface area contributed by atoms with E-state index in [1.54, 1.807) is 13.0 Å². The van der Waals surface area contributed by atoms with Gasteiger partial charge in [-0.25, -0.2) is 0 Å². The fraction of sp³-hybridized carbons (Fsp3) is 0.333. The largest absolute Gasteiger partial charge is 0.491 e. The highest BCUT2D eigenvalue weighted by atomic mass is 16.5. The number of aromatic nitrogens is 1. The lowest BCUT2D eigenvalue weighted by Gasteiger charge is -2.19. The number of aromatic amines is 1. The van der Waals surface area contributed by atoms with Gasteiger partial charge >= 0.3 is 0 Å². The number of H-pyrrole nitrogens is 1. The third kappa shape index (κ3) is 4.22. The van der Waals surface area contributed by atoms with Crippen molar-refractivity contribution in [3.05, 3.63) is 63.6 Å². The Morgan fingerprint density at radius 1 is 1.13 bits per heavy atom. The van der Waals surface area contributed by atoms with Crippen LogP contribution in [0.25, 0.3) is 0 Å². The van der Waals surface area contributed by atoms with Crippen molar-refractivity contribution in [2.24, 2.45) is 0 Å². The van der Waals surface area contributed by atoms with E-state index in [0.29, 0.717) is 0 Å². The van der Waals surface area contributed by atoms with Crippen molar-refractivity contribution in [2.75, 3.05) is 0 Å². The predicted octanol–water partition coefficient (Wildman–Crippen LogP) is 2.96. The summed E-state index contributed by atoms with van der Waals surface area (Å²) in [6.45, 7) is 7.53.